The fourth-order valence-corrected chi connectivity index (χ4v) is 5.00. The molecule has 7 nitrogen and oxygen atoms in total. The first-order valence-electron chi connectivity index (χ1n) is 7.15. The summed E-state index contributed by atoms with van der Waals surface area (Å²) in [4.78, 5) is 14.6. The van der Waals surface area contributed by atoms with Crippen molar-refractivity contribution in [2.75, 3.05) is 13.7 Å². The summed E-state index contributed by atoms with van der Waals surface area (Å²) < 4.78 is 32.1. The van der Waals surface area contributed by atoms with Crippen LogP contribution in [-0.2, 0) is 14.8 Å². The van der Waals surface area contributed by atoms with Gasteiger partial charge in [0.2, 0.25) is 0 Å². The maximum absolute atomic E-state index is 12.3. The van der Waals surface area contributed by atoms with Gasteiger partial charge in [-0.2, -0.15) is 0 Å². The van der Waals surface area contributed by atoms with E-state index in [4.69, 9.17) is 9.84 Å². The molecule has 22 heavy (non-hydrogen) atoms. The number of hydrogen-bond acceptors (Lipinski definition) is 6. The van der Waals surface area contributed by atoms with Gasteiger partial charge in [-0.25, -0.2) is 22.9 Å². The number of nitrogens with zero attached hydrogens (tertiary/aromatic N) is 1. The van der Waals surface area contributed by atoms with Crippen LogP contribution in [0.15, 0.2) is 9.72 Å². The summed E-state index contributed by atoms with van der Waals surface area (Å²) in [6.07, 6.45) is 5.34. The van der Waals surface area contributed by atoms with Gasteiger partial charge in [0.05, 0.1) is 11.6 Å². The second-order valence-corrected chi connectivity index (χ2v) is 8.13. The zero-order valence-corrected chi connectivity index (χ0v) is 14.0. The molecule has 0 radical (unpaired) electrons. The lowest BCUT2D eigenvalue weighted by Crippen LogP contribution is -2.38. The molecule has 124 valence electrons. The van der Waals surface area contributed by atoms with Gasteiger partial charge in [-0.3, -0.25) is 0 Å². The molecule has 1 aromatic heterocycles. The average Bonchev–Trinajstić information content (AvgIpc) is 2.99. The normalized spacial score (nSPS) is 18.2. The number of rotatable bonds is 7. The van der Waals surface area contributed by atoms with E-state index in [9.17, 15) is 13.2 Å². The van der Waals surface area contributed by atoms with Crippen molar-refractivity contribution in [3.05, 3.63) is 11.2 Å². The van der Waals surface area contributed by atoms with Crippen LogP contribution in [-0.4, -0.2) is 44.2 Å². The van der Waals surface area contributed by atoms with Crippen molar-refractivity contribution in [1.29, 1.82) is 0 Å². The first kappa shape index (κ1) is 17.3. The van der Waals surface area contributed by atoms with Crippen molar-refractivity contribution in [2.45, 2.75) is 42.4 Å². The average molecular weight is 348 g/mol. The minimum absolute atomic E-state index is 0.139. The molecule has 1 aromatic rings. The number of aromatic nitrogens is 1. The van der Waals surface area contributed by atoms with Crippen LogP contribution in [0.25, 0.3) is 0 Å². The number of nitrogens with one attached hydrogen (secondary N) is 1. The van der Waals surface area contributed by atoms with E-state index in [0.29, 0.717) is 5.92 Å². The molecular formula is C13H20N2O5S2. The molecule has 0 aromatic carbocycles. The van der Waals surface area contributed by atoms with E-state index >= 15 is 0 Å². The number of hydrogen-bond donors (Lipinski definition) is 2. The molecule has 0 amide bonds. The van der Waals surface area contributed by atoms with Gasteiger partial charge in [-0.1, -0.05) is 19.3 Å². The summed E-state index contributed by atoms with van der Waals surface area (Å²) in [6, 6.07) is 0. The van der Waals surface area contributed by atoms with Crippen LogP contribution >= 0.6 is 11.3 Å². The van der Waals surface area contributed by atoms with Gasteiger partial charge in [-0.05, 0) is 18.8 Å². The van der Waals surface area contributed by atoms with E-state index in [-0.39, 0.29) is 16.9 Å². The van der Waals surface area contributed by atoms with Gasteiger partial charge >= 0.3 is 5.97 Å². The third kappa shape index (κ3) is 4.03. The Morgan fingerprint density at radius 3 is 2.77 bits per heavy atom. The minimum atomic E-state index is -3.89. The SMILES string of the molecule is COC(CNS(=O)(=O)c1scnc1C(=O)O)C1CCCCC1. The Balaban J connectivity index is 2.04. The number of methoxy groups -OCH3 is 1. The van der Waals surface area contributed by atoms with Crippen LogP contribution < -0.4 is 4.72 Å². The lowest BCUT2D eigenvalue weighted by Gasteiger charge is -2.29. The zero-order chi connectivity index (χ0) is 16.2. The highest BCUT2D eigenvalue weighted by atomic mass is 32.2. The third-order valence-electron chi connectivity index (χ3n) is 3.93. The van der Waals surface area contributed by atoms with Gasteiger partial charge in [0.1, 0.15) is 0 Å². The molecule has 0 bridgehead atoms. The first-order valence-corrected chi connectivity index (χ1v) is 9.51. The molecule has 1 aliphatic rings. The molecule has 1 unspecified atom stereocenters. The number of sulfonamides is 1. The van der Waals surface area contributed by atoms with Crippen molar-refractivity contribution in [3.8, 4) is 0 Å². The Bertz CT molecular complexity index is 608. The second-order valence-electron chi connectivity index (χ2n) is 5.32. The maximum Gasteiger partial charge on any atom is 0.356 e. The fourth-order valence-electron chi connectivity index (χ4n) is 2.77. The summed E-state index contributed by atoms with van der Waals surface area (Å²) in [5.74, 6) is -1.01. The van der Waals surface area contributed by atoms with Gasteiger partial charge in [0.15, 0.2) is 9.90 Å². The highest BCUT2D eigenvalue weighted by molar-refractivity contribution is 7.91. The van der Waals surface area contributed by atoms with Crippen LogP contribution in [0.1, 0.15) is 42.6 Å². The highest BCUT2D eigenvalue weighted by Gasteiger charge is 2.29. The number of thiazole rings is 1. The third-order valence-corrected chi connectivity index (χ3v) is 6.73. The number of aromatic carboxylic acids is 1. The highest BCUT2D eigenvalue weighted by Crippen LogP contribution is 2.28. The predicted octanol–water partition coefficient (Wildman–Crippen LogP) is 1.71. The summed E-state index contributed by atoms with van der Waals surface area (Å²) >= 11 is 0.796. The quantitative estimate of drug-likeness (QED) is 0.777. The molecule has 0 aliphatic heterocycles. The van der Waals surface area contributed by atoms with Gasteiger partial charge in [-0.15, -0.1) is 11.3 Å². The molecule has 0 spiro atoms. The Hall–Kier alpha value is -1.03. The molecule has 1 fully saturated rings. The lowest BCUT2D eigenvalue weighted by molar-refractivity contribution is 0.0406. The van der Waals surface area contributed by atoms with Crippen LogP contribution in [0.5, 0.6) is 0 Å². The van der Waals surface area contributed by atoms with Gasteiger partial charge in [0, 0.05) is 13.7 Å². The van der Waals surface area contributed by atoms with E-state index in [1.807, 2.05) is 0 Å². The lowest BCUT2D eigenvalue weighted by atomic mass is 9.85. The summed E-state index contributed by atoms with van der Waals surface area (Å²) in [7, 11) is -2.32. The van der Waals surface area contributed by atoms with E-state index < -0.39 is 21.7 Å². The second kappa shape index (κ2) is 7.49. The summed E-state index contributed by atoms with van der Waals surface area (Å²) in [6.45, 7) is 0.139. The Morgan fingerprint density at radius 1 is 1.50 bits per heavy atom. The number of carboxylic acids is 1. The van der Waals surface area contributed by atoms with E-state index in [1.54, 1.807) is 7.11 Å². The monoisotopic (exact) mass is 348 g/mol. The largest absolute Gasteiger partial charge is 0.476 e. The summed E-state index contributed by atoms with van der Waals surface area (Å²) in [5, 5.41) is 8.97. The van der Waals surface area contributed by atoms with E-state index in [0.717, 1.165) is 37.0 Å². The van der Waals surface area contributed by atoms with Crippen molar-refractivity contribution >= 4 is 27.3 Å². The molecule has 9 heteroatoms. The predicted molar refractivity (Wildman–Crippen MR) is 81.6 cm³/mol. The van der Waals surface area contributed by atoms with Crippen LogP contribution in [0, 0.1) is 5.92 Å². The van der Waals surface area contributed by atoms with Crippen molar-refractivity contribution in [2.24, 2.45) is 5.92 Å². The van der Waals surface area contributed by atoms with Crippen LogP contribution in [0.2, 0.25) is 0 Å². The topological polar surface area (TPSA) is 106 Å². The minimum Gasteiger partial charge on any atom is -0.476 e. The molecule has 1 atom stereocenters. The Morgan fingerprint density at radius 2 is 2.18 bits per heavy atom. The summed E-state index contributed by atoms with van der Waals surface area (Å²) in [5.41, 5.74) is 0.775. The van der Waals surface area contributed by atoms with Crippen molar-refractivity contribution < 1.29 is 23.1 Å². The molecular weight excluding hydrogens is 328 g/mol. The fraction of sp³-hybridized carbons (Fsp3) is 0.692. The van der Waals surface area contributed by atoms with E-state index in [2.05, 4.69) is 9.71 Å². The standard InChI is InChI=1S/C13H20N2O5S2/c1-20-10(9-5-3-2-4-6-9)7-15-22(18,19)13-11(12(16)17)14-8-21-13/h8-10,15H,2-7H2,1H3,(H,16,17). The number of ether oxygens (including phenoxy) is 1. The Kier molecular flexibility index (Phi) is 5.90. The maximum atomic E-state index is 12.3. The van der Waals surface area contributed by atoms with Crippen LogP contribution in [0.3, 0.4) is 0 Å². The van der Waals surface area contributed by atoms with Crippen molar-refractivity contribution in [3.63, 3.8) is 0 Å². The van der Waals surface area contributed by atoms with Crippen molar-refractivity contribution in [1.82, 2.24) is 9.71 Å². The Labute approximate surface area is 133 Å². The van der Waals surface area contributed by atoms with E-state index in [1.165, 1.54) is 11.9 Å². The molecule has 1 saturated carbocycles. The van der Waals surface area contributed by atoms with Crippen LogP contribution in [0.4, 0.5) is 0 Å². The number of carboxylic acid groups (broad SMARTS) is 1. The van der Waals surface area contributed by atoms with Gasteiger partial charge < -0.3 is 9.84 Å². The van der Waals surface area contributed by atoms with Gasteiger partial charge in [0.25, 0.3) is 10.0 Å². The molecule has 2 rings (SSSR count). The zero-order valence-electron chi connectivity index (χ0n) is 12.3. The number of carbonyl (C=O) groups is 1. The molecule has 0 saturated heterocycles. The first-order chi connectivity index (χ1) is 10.5. The molecule has 1 heterocycles. The molecule has 2 N–H and O–H groups in total. The smallest absolute Gasteiger partial charge is 0.356 e. The molecule has 1 aliphatic carbocycles.